The minimum absolute atomic E-state index is 0.300. The highest BCUT2D eigenvalue weighted by molar-refractivity contribution is 9.09. The van der Waals surface area contributed by atoms with Crippen LogP contribution in [0.2, 0.25) is 0 Å². The molecular weight excluding hydrogens is 364 g/mol. The number of rotatable bonds is 7. The summed E-state index contributed by atoms with van der Waals surface area (Å²) < 4.78 is 21.0. The van der Waals surface area contributed by atoms with E-state index in [9.17, 15) is 19.8 Å². The van der Waals surface area contributed by atoms with Gasteiger partial charge in [0.25, 0.3) is 0 Å². The van der Waals surface area contributed by atoms with Crippen molar-refractivity contribution in [3.05, 3.63) is 0 Å². The summed E-state index contributed by atoms with van der Waals surface area (Å²) in [7, 11) is 0. The zero-order chi connectivity index (χ0) is 16.7. The zero-order valence-electron chi connectivity index (χ0n) is 12.4. The molecule has 1 heterocycles. The van der Waals surface area contributed by atoms with Crippen LogP contribution in [0.5, 0.6) is 0 Å². The van der Waals surface area contributed by atoms with Crippen LogP contribution in [-0.2, 0) is 28.5 Å². The molecule has 0 bridgehead atoms. The van der Waals surface area contributed by atoms with E-state index in [2.05, 4.69) is 15.9 Å². The molecule has 1 rings (SSSR count). The van der Waals surface area contributed by atoms with Crippen LogP contribution >= 0.6 is 15.9 Å². The maximum absolute atomic E-state index is 11.3. The second kappa shape index (κ2) is 9.41. The Labute approximate surface area is 136 Å². The Bertz CT molecular complexity index is 377. The van der Waals surface area contributed by atoms with Gasteiger partial charge in [0.1, 0.15) is 12.2 Å². The summed E-state index contributed by atoms with van der Waals surface area (Å²) >= 11 is 3.25. The number of alkyl halides is 1. The van der Waals surface area contributed by atoms with Crippen LogP contribution in [0.25, 0.3) is 0 Å². The largest absolute Gasteiger partial charge is 0.455 e. The summed E-state index contributed by atoms with van der Waals surface area (Å²) in [5.74, 6) is -1.28. The molecule has 1 aliphatic rings. The minimum Gasteiger partial charge on any atom is -0.455 e. The van der Waals surface area contributed by atoms with E-state index in [1.807, 2.05) is 0 Å². The van der Waals surface area contributed by atoms with E-state index in [0.29, 0.717) is 18.4 Å². The smallest absolute Gasteiger partial charge is 0.303 e. The van der Waals surface area contributed by atoms with Crippen molar-refractivity contribution in [2.24, 2.45) is 0 Å². The van der Waals surface area contributed by atoms with Gasteiger partial charge in [-0.3, -0.25) is 9.59 Å². The van der Waals surface area contributed by atoms with Crippen molar-refractivity contribution in [1.29, 1.82) is 0 Å². The number of aliphatic hydroxyl groups excluding tert-OH is 2. The van der Waals surface area contributed by atoms with Crippen molar-refractivity contribution in [3.63, 3.8) is 0 Å². The van der Waals surface area contributed by atoms with Crippen LogP contribution in [0.4, 0.5) is 0 Å². The lowest BCUT2D eigenvalue weighted by molar-refractivity contribution is -0.305. The first-order chi connectivity index (χ1) is 10.4. The average molecular weight is 385 g/mol. The molecule has 0 radical (unpaired) electrons. The Hall–Kier alpha value is -0.740. The molecule has 8 nitrogen and oxygen atoms in total. The van der Waals surface area contributed by atoms with Gasteiger partial charge < -0.3 is 29.2 Å². The summed E-state index contributed by atoms with van der Waals surface area (Å²) in [5, 5.41) is 20.1. The van der Waals surface area contributed by atoms with Crippen LogP contribution in [0.15, 0.2) is 0 Å². The number of hydrogen-bond acceptors (Lipinski definition) is 8. The summed E-state index contributed by atoms with van der Waals surface area (Å²) in [6.07, 6.45) is -5.01. The van der Waals surface area contributed by atoms with Crippen molar-refractivity contribution in [3.8, 4) is 0 Å². The summed E-state index contributed by atoms with van der Waals surface area (Å²) in [4.78, 5) is 22.5. The first-order valence-electron chi connectivity index (χ1n) is 6.87. The summed E-state index contributed by atoms with van der Waals surface area (Å²) in [5.41, 5.74) is 0. The van der Waals surface area contributed by atoms with Crippen LogP contribution < -0.4 is 0 Å². The summed E-state index contributed by atoms with van der Waals surface area (Å²) in [6.45, 7) is 2.16. The molecule has 5 atom stereocenters. The number of hydrogen-bond donors (Lipinski definition) is 2. The Morgan fingerprint density at radius 1 is 1.18 bits per heavy atom. The number of esters is 2. The molecule has 1 fully saturated rings. The average Bonchev–Trinajstić information content (AvgIpc) is 2.44. The molecule has 0 spiro atoms. The van der Waals surface area contributed by atoms with Gasteiger partial charge in [-0.2, -0.15) is 0 Å². The minimum atomic E-state index is -1.34. The van der Waals surface area contributed by atoms with Crippen LogP contribution in [-0.4, -0.2) is 71.4 Å². The molecule has 1 unspecified atom stereocenters. The van der Waals surface area contributed by atoms with Crippen molar-refractivity contribution >= 4 is 27.9 Å². The van der Waals surface area contributed by atoms with E-state index in [1.54, 1.807) is 0 Å². The molecule has 1 aliphatic heterocycles. The second-order valence-electron chi connectivity index (χ2n) is 4.78. The van der Waals surface area contributed by atoms with Gasteiger partial charge >= 0.3 is 11.9 Å². The van der Waals surface area contributed by atoms with Crippen molar-refractivity contribution < 1.29 is 38.7 Å². The topological polar surface area (TPSA) is 112 Å². The predicted molar refractivity (Wildman–Crippen MR) is 77.2 cm³/mol. The quantitative estimate of drug-likeness (QED) is 0.350. The molecule has 0 amide bonds. The third kappa shape index (κ3) is 5.47. The first kappa shape index (κ1) is 19.3. The molecule has 0 aromatic rings. The standard InChI is InChI=1S/C13H21BrO8/c1-7(16)20-11-10(18)9(6-15)22-13(19-5-3-4-14)12(11)21-8(2)17/h9-13,15,18H,3-6H2,1-2H3/t9-,10+,11+,12-,13?/m1/s1. The van der Waals surface area contributed by atoms with Crippen LogP contribution in [0.3, 0.4) is 0 Å². The molecule has 128 valence electrons. The number of ether oxygens (including phenoxy) is 4. The predicted octanol–water partition coefficient (Wildman–Crippen LogP) is -0.271. The molecule has 22 heavy (non-hydrogen) atoms. The highest BCUT2D eigenvalue weighted by Crippen LogP contribution is 2.27. The van der Waals surface area contributed by atoms with E-state index in [0.717, 1.165) is 0 Å². The number of carbonyl (C=O) groups excluding carboxylic acids is 2. The Morgan fingerprint density at radius 3 is 2.27 bits per heavy atom. The molecule has 0 aromatic heterocycles. The molecule has 1 saturated heterocycles. The van der Waals surface area contributed by atoms with E-state index in [-0.39, 0.29) is 0 Å². The van der Waals surface area contributed by atoms with Crippen molar-refractivity contribution in [1.82, 2.24) is 0 Å². The van der Waals surface area contributed by atoms with Crippen LogP contribution in [0.1, 0.15) is 20.3 Å². The van der Waals surface area contributed by atoms with Crippen molar-refractivity contribution in [2.75, 3.05) is 18.5 Å². The van der Waals surface area contributed by atoms with Gasteiger partial charge in [0.2, 0.25) is 0 Å². The van der Waals surface area contributed by atoms with E-state index in [4.69, 9.17) is 18.9 Å². The van der Waals surface area contributed by atoms with Gasteiger partial charge in [-0.05, 0) is 6.42 Å². The zero-order valence-corrected chi connectivity index (χ0v) is 14.0. The third-order valence-corrected chi connectivity index (χ3v) is 3.52. The third-order valence-electron chi connectivity index (χ3n) is 2.96. The van der Waals surface area contributed by atoms with Gasteiger partial charge in [-0.25, -0.2) is 0 Å². The van der Waals surface area contributed by atoms with Crippen molar-refractivity contribution in [2.45, 2.75) is 51.0 Å². The highest BCUT2D eigenvalue weighted by Gasteiger charge is 2.49. The van der Waals surface area contributed by atoms with E-state index < -0.39 is 49.3 Å². The molecule has 9 heteroatoms. The fourth-order valence-corrected chi connectivity index (χ4v) is 2.30. The molecular formula is C13H21BrO8. The van der Waals surface area contributed by atoms with E-state index >= 15 is 0 Å². The van der Waals surface area contributed by atoms with Gasteiger partial charge in [-0.15, -0.1) is 0 Å². The Balaban J connectivity index is 2.93. The highest BCUT2D eigenvalue weighted by atomic mass is 79.9. The van der Waals surface area contributed by atoms with Crippen LogP contribution in [0, 0.1) is 0 Å². The van der Waals surface area contributed by atoms with Gasteiger partial charge in [0.05, 0.1) is 13.2 Å². The number of halogens is 1. The first-order valence-corrected chi connectivity index (χ1v) is 7.99. The number of aliphatic hydroxyl groups is 2. The lowest BCUT2D eigenvalue weighted by Crippen LogP contribution is -2.61. The fraction of sp³-hybridized carbons (Fsp3) is 0.846. The fourth-order valence-electron chi connectivity index (χ4n) is 2.07. The molecule has 0 aliphatic carbocycles. The second-order valence-corrected chi connectivity index (χ2v) is 5.57. The lowest BCUT2D eigenvalue weighted by atomic mass is 9.98. The van der Waals surface area contributed by atoms with Gasteiger partial charge in [0.15, 0.2) is 18.5 Å². The Morgan fingerprint density at radius 2 is 1.77 bits per heavy atom. The van der Waals surface area contributed by atoms with Gasteiger partial charge in [-0.1, -0.05) is 15.9 Å². The molecule has 0 aromatic carbocycles. The summed E-state index contributed by atoms with van der Waals surface area (Å²) in [6, 6.07) is 0. The number of carbonyl (C=O) groups is 2. The maximum atomic E-state index is 11.3. The normalized spacial score (nSPS) is 31.6. The maximum Gasteiger partial charge on any atom is 0.303 e. The van der Waals surface area contributed by atoms with E-state index in [1.165, 1.54) is 13.8 Å². The SMILES string of the molecule is CC(=O)O[C@H]1[C@@H](O)[C@@H](CO)OC(OCCCBr)[C@@H]1OC(C)=O. The molecule has 2 N–H and O–H groups in total. The Kier molecular flexibility index (Phi) is 8.26. The lowest BCUT2D eigenvalue weighted by Gasteiger charge is -2.42. The molecule has 0 saturated carbocycles. The van der Waals surface area contributed by atoms with Gasteiger partial charge in [0, 0.05) is 19.2 Å². The monoisotopic (exact) mass is 384 g/mol.